The minimum absolute atomic E-state index is 0.116. The van der Waals surface area contributed by atoms with Crippen LogP contribution in [0.15, 0.2) is 30.3 Å². The van der Waals surface area contributed by atoms with E-state index in [4.69, 9.17) is 0 Å². The summed E-state index contributed by atoms with van der Waals surface area (Å²) in [5, 5.41) is 4.63. The Morgan fingerprint density at radius 2 is 2.00 bits per heavy atom. The number of fused-ring (bicyclic) bond motifs is 3. The molecule has 1 aromatic heterocycles. The minimum atomic E-state index is 0.116. The second-order valence-electron chi connectivity index (χ2n) is 8.16. The van der Waals surface area contributed by atoms with Crippen molar-refractivity contribution >= 4 is 5.91 Å². The van der Waals surface area contributed by atoms with E-state index in [1.165, 1.54) is 16.8 Å². The molecule has 5 rings (SSSR count). The average Bonchev–Trinajstić information content (AvgIpc) is 3.31. The first kappa shape index (κ1) is 13.5. The van der Waals surface area contributed by atoms with Crippen LogP contribution in [0.1, 0.15) is 59.4 Å². The number of aryl methyl sites for hydroxylation is 1. The predicted octanol–water partition coefficient (Wildman–Crippen LogP) is 3.93. The van der Waals surface area contributed by atoms with Crippen LogP contribution in [0, 0.1) is 24.2 Å². The van der Waals surface area contributed by atoms with Crippen LogP contribution < -0.4 is 0 Å². The Bertz CT molecular complexity index is 818. The highest BCUT2D eigenvalue weighted by Crippen LogP contribution is 2.70. The second kappa shape index (κ2) is 4.14. The molecule has 3 heteroatoms. The van der Waals surface area contributed by atoms with Crippen molar-refractivity contribution in [1.29, 1.82) is 0 Å². The molecule has 0 unspecified atom stereocenters. The lowest BCUT2D eigenvalue weighted by molar-refractivity contribution is 0.0862. The summed E-state index contributed by atoms with van der Waals surface area (Å²) in [6, 6.07) is 10.4. The quantitative estimate of drug-likeness (QED) is 0.842. The van der Waals surface area contributed by atoms with Crippen LogP contribution in [0.4, 0.5) is 0 Å². The molecule has 0 spiro atoms. The number of benzene rings is 1. The summed E-state index contributed by atoms with van der Waals surface area (Å²) in [4.78, 5) is 12.9. The fourth-order valence-electron chi connectivity index (χ4n) is 4.97. The van der Waals surface area contributed by atoms with E-state index in [-0.39, 0.29) is 11.8 Å². The van der Waals surface area contributed by atoms with Gasteiger partial charge in [-0.2, -0.15) is 5.10 Å². The Hall–Kier alpha value is -1.90. The molecule has 1 heterocycles. The molecule has 2 aromatic rings. The molecular weight excluding hydrogens is 284 g/mol. The summed E-state index contributed by atoms with van der Waals surface area (Å²) in [5.41, 5.74) is 5.35. The number of carbonyl (C=O) groups excluding carboxylic acids is 1. The summed E-state index contributed by atoms with van der Waals surface area (Å²) in [5.74, 6) is 2.06. The summed E-state index contributed by atoms with van der Waals surface area (Å²) >= 11 is 0. The standard InChI is InChI=1S/C20H22N2O/c1-11-17-16(10-15-18(17)20(15,2)3)22(21-11)19(23)14-9-13(14)12-7-5-4-6-8-12/h4-8,13-15,18H,9-10H2,1-3H3/t13-,14+,15+,18-/m1/s1. The first-order chi connectivity index (χ1) is 11.0. The summed E-state index contributed by atoms with van der Waals surface area (Å²) in [7, 11) is 0. The van der Waals surface area contributed by atoms with E-state index in [0.29, 0.717) is 17.3 Å². The molecule has 0 saturated heterocycles. The van der Waals surface area contributed by atoms with Gasteiger partial charge in [-0.1, -0.05) is 44.2 Å². The van der Waals surface area contributed by atoms with E-state index in [1.54, 1.807) is 4.68 Å². The first-order valence-corrected chi connectivity index (χ1v) is 8.67. The zero-order chi connectivity index (χ0) is 15.9. The Balaban J connectivity index is 1.44. The van der Waals surface area contributed by atoms with Gasteiger partial charge in [-0.3, -0.25) is 4.79 Å². The van der Waals surface area contributed by atoms with Crippen molar-refractivity contribution in [3.8, 4) is 0 Å². The monoisotopic (exact) mass is 306 g/mol. The number of nitrogens with zero attached hydrogens (tertiary/aromatic N) is 2. The van der Waals surface area contributed by atoms with Gasteiger partial charge in [0.15, 0.2) is 0 Å². The first-order valence-electron chi connectivity index (χ1n) is 8.67. The molecule has 2 fully saturated rings. The third-order valence-corrected chi connectivity index (χ3v) is 6.53. The largest absolute Gasteiger partial charge is 0.272 e. The molecule has 0 bridgehead atoms. The Morgan fingerprint density at radius 3 is 2.74 bits per heavy atom. The molecule has 23 heavy (non-hydrogen) atoms. The summed E-state index contributed by atoms with van der Waals surface area (Å²) in [6.45, 7) is 6.76. The number of carbonyl (C=O) groups is 1. The van der Waals surface area contributed by atoms with Gasteiger partial charge in [0.25, 0.3) is 5.91 Å². The summed E-state index contributed by atoms with van der Waals surface area (Å²) < 4.78 is 1.76. The zero-order valence-corrected chi connectivity index (χ0v) is 13.9. The molecule has 1 aromatic carbocycles. The molecule has 2 saturated carbocycles. The van der Waals surface area contributed by atoms with Crippen LogP contribution in [0.2, 0.25) is 0 Å². The Kier molecular flexibility index (Phi) is 2.43. The molecule has 3 nitrogen and oxygen atoms in total. The highest BCUT2D eigenvalue weighted by Gasteiger charge is 2.64. The molecular formula is C20H22N2O. The third kappa shape index (κ3) is 1.71. The SMILES string of the molecule is Cc1nn(C(=O)[C@H]2C[C@@H]2c2ccccc2)c2c1[C@H]1[C@H](C2)C1(C)C. The van der Waals surface area contributed by atoms with Crippen molar-refractivity contribution < 1.29 is 4.79 Å². The van der Waals surface area contributed by atoms with Crippen molar-refractivity contribution in [3.05, 3.63) is 52.8 Å². The predicted molar refractivity (Wildman–Crippen MR) is 88.6 cm³/mol. The maximum Gasteiger partial charge on any atom is 0.250 e. The zero-order valence-electron chi connectivity index (χ0n) is 13.9. The molecule has 0 amide bonds. The fourth-order valence-corrected chi connectivity index (χ4v) is 4.97. The summed E-state index contributed by atoms with van der Waals surface area (Å²) in [6.07, 6.45) is 2.00. The van der Waals surface area contributed by atoms with Crippen molar-refractivity contribution in [2.24, 2.45) is 17.3 Å². The van der Waals surface area contributed by atoms with Crippen molar-refractivity contribution in [3.63, 3.8) is 0 Å². The van der Waals surface area contributed by atoms with Crippen LogP contribution in [0.25, 0.3) is 0 Å². The van der Waals surface area contributed by atoms with E-state index in [9.17, 15) is 4.79 Å². The van der Waals surface area contributed by atoms with Crippen LogP contribution in [-0.4, -0.2) is 15.7 Å². The van der Waals surface area contributed by atoms with Gasteiger partial charge in [-0.15, -0.1) is 0 Å². The normalized spacial score (nSPS) is 32.3. The Morgan fingerprint density at radius 1 is 1.26 bits per heavy atom. The molecule has 0 N–H and O–H groups in total. The molecule has 0 aliphatic heterocycles. The van der Waals surface area contributed by atoms with E-state index in [0.717, 1.165) is 24.5 Å². The van der Waals surface area contributed by atoms with Gasteiger partial charge in [0.2, 0.25) is 0 Å². The highest BCUT2D eigenvalue weighted by molar-refractivity contribution is 5.85. The van der Waals surface area contributed by atoms with Gasteiger partial charge in [0, 0.05) is 11.5 Å². The number of hydrogen-bond acceptors (Lipinski definition) is 2. The molecule has 4 atom stereocenters. The molecule has 3 aliphatic rings. The van der Waals surface area contributed by atoms with Gasteiger partial charge in [0.05, 0.1) is 11.4 Å². The number of aromatic nitrogens is 2. The number of hydrogen-bond donors (Lipinski definition) is 0. The Labute approximate surface area is 136 Å². The van der Waals surface area contributed by atoms with Crippen molar-refractivity contribution in [1.82, 2.24) is 9.78 Å². The molecule has 0 radical (unpaired) electrons. The van der Waals surface area contributed by atoms with E-state index in [1.807, 2.05) is 6.07 Å². The highest BCUT2D eigenvalue weighted by atomic mass is 16.2. The van der Waals surface area contributed by atoms with Crippen LogP contribution >= 0.6 is 0 Å². The maximum absolute atomic E-state index is 12.9. The van der Waals surface area contributed by atoms with Gasteiger partial charge < -0.3 is 0 Å². The lowest BCUT2D eigenvalue weighted by atomic mass is 9.98. The van der Waals surface area contributed by atoms with Crippen LogP contribution in [-0.2, 0) is 6.42 Å². The van der Waals surface area contributed by atoms with Gasteiger partial charge in [-0.05, 0) is 48.5 Å². The minimum Gasteiger partial charge on any atom is -0.272 e. The second-order valence-corrected chi connectivity index (χ2v) is 8.16. The average molecular weight is 306 g/mol. The third-order valence-electron chi connectivity index (χ3n) is 6.53. The molecule has 118 valence electrons. The van der Waals surface area contributed by atoms with E-state index < -0.39 is 0 Å². The van der Waals surface area contributed by atoms with E-state index >= 15 is 0 Å². The van der Waals surface area contributed by atoms with Gasteiger partial charge >= 0.3 is 0 Å². The van der Waals surface area contributed by atoms with Gasteiger partial charge in [-0.25, -0.2) is 4.68 Å². The van der Waals surface area contributed by atoms with Crippen molar-refractivity contribution in [2.75, 3.05) is 0 Å². The molecule has 3 aliphatic carbocycles. The lowest BCUT2D eigenvalue weighted by Gasteiger charge is -2.10. The number of rotatable bonds is 2. The topological polar surface area (TPSA) is 34.9 Å². The maximum atomic E-state index is 12.9. The van der Waals surface area contributed by atoms with Crippen LogP contribution in [0.5, 0.6) is 0 Å². The smallest absolute Gasteiger partial charge is 0.250 e. The van der Waals surface area contributed by atoms with E-state index in [2.05, 4.69) is 50.1 Å². The van der Waals surface area contributed by atoms with Gasteiger partial charge in [0.1, 0.15) is 0 Å². The fraction of sp³-hybridized carbons (Fsp3) is 0.500. The van der Waals surface area contributed by atoms with Crippen LogP contribution in [0.3, 0.4) is 0 Å². The lowest BCUT2D eigenvalue weighted by Crippen LogP contribution is -2.19. The van der Waals surface area contributed by atoms with Crippen molar-refractivity contribution in [2.45, 2.75) is 45.4 Å².